The van der Waals surface area contributed by atoms with Crippen molar-refractivity contribution in [3.63, 3.8) is 0 Å². The molecule has 21 heteroatoms. The Hall–Kier alpha value is -3.72. The molecule has 208 valence electrons. The Bertz CT molecular complexity index is 1360. The molecular weight excluding hydrogens is 591 g/mol. The largest absolute Gasteiger partial charge is 0.477 e. The van der Waals surface area contributed by atoms with Crippen LogP contribution in [0.25, 0.3) is 0 Å². The number of tetrazole rings is 1. The molecule has 2 atom stereocenters. The van der Waals surface area contributed by atoms with Crippen molar-refractivity contribution in [1.82, 2.24) is 35.4 Å². The first-order valence-electron chi connectivity index (χ1n) is 10.5. The number of oxime groups is 1. The summed E-state index contributed by atoms with van der Waals surface area (Å²) in [5.41, 5.74) is -0.684. The number of thioether (sulfide) groups is 2. The van der Waals surface area contributed by atoms with Crippen molar-refractivity contribution in [2.75, 3.05) is 23.4 Å². The van der Waals surface area contributed by atoms with E-state index in [1.165, 1.54) is 33.6 Å². The van der Waals surface area contributed by atoms with Crippen molar-refractivity contribution in [1.29, 1.82) is 0 Å². The van der Waals surface area contributed by atoms with Gasteiger partial charge in [0.2, 0.25) is 18.2 Å². The summed E-state index contributed by atoms with van der Waals surface area (Å²) in [5.74, 6) is -2.77. The molecule has 0 saturated carbocycles. The van der Waals surface area contributed by atoms with Gasteiger partial charge < -0.3 is 20.6 Å². The Balaban J connectivity index is 1.50. The number of carboxylic acids is 1. The SMILES string of the molecule is Cn1nnnc1SCC1=C(C(=O)O)N2C(=O)C(NC(=O)C(=NOCC(F)(F)F)c3csc(NC=O)n3)[C@H]2SC1. The van der Waals surface area contributed by atoms with Crippen molar-refractivity contribution in [3.05, 3.63) is 22.3 Å². The highest BCUT2D eigenvalue weighted by Crippen LogP contribution is 2.41. The number of nitrogens with one attached hydrogen (secondary N) is 2. The zero-order valence-corrected chi connectivity index (χ0v) is 21.9. The minimum Gasteiger partial charge on any atom is -0.477 e. The fourth-order valence-corrected chi connectivity index (χ4v) is 6.36. The third kappa shape index (κ3) is 6.30. The van der Waals surface area contributed by atoms with E-state index in [0.717, 1.165) is 16.2 Å². The topological polar surface area (TPSA) is 194 Å². The first kappa shape index (κ1) is 28.3. The maximum absolute atomic E-state index is 13.0. The fourth-order valence-electron chi connectivity index (χ4n) is 3.37. The average molecular weight is 608 g/mol. The van der Waals surface area contributed by atoms with Crippen LogP contribution in [-0.2, 0) is 31.1 Å². The van der Waals surface area contributed by atoms with Crippen molar-refractivity contribution in [2.24, 2.45) is 12.2 Å². The summed E-state index contributed by atoms with van der Waals surface area (Å²) in [6.07, 6.45) is -4.43. The molecule has 1 unspecified atom stereocenters. The second kappa shape index (κ2) is 11.6. The minimum atomic E-state index is -4.74. The smallest absolute Gasteiger partial charge is 0.425 e. The molecule has 0 radical (unpaired) electrons. The predicted molar refractivity (Wildman–Crippen MR) is 130 cm³/mol. The van der Waals surface area contributed by atoms with Gasteiger partial charge in [-0.1, -0.05) is 16.9 Å². The summed E-state index contributed by atoms with van der Waals surface area (Å²) in [6, 6.07) is -1.20. The number of hydrogen-bond acceptors (Lipinski definition) is 13. The van der Waals surface area contributed by atoms with Crippen LogP contribution >= 0.6 is 34.9 Å². The van der Waals surface area contributed by atoms with Gasteiger partial charge in [-0.2, -0.15) is 13.2 Å². The number of halogens is 3. The van der Waals surface area contributed by atoms with Crippen LogP contribution < -0.4 is 10.6 Å². The van der Waals surface area contributed by atoms with Crippen molar-refractivity contribution in [3.8, 4) is 0 Å². The van der Waals surface area contributed by atoms with Gasteiger partial charge in [-0.15, -0.1) is 28.2 Å². The van der Waals surface area contributed by atoms with Crippen LogP contribution in [0.1, 0.15) is 5.69 Å². The molecule has 39 heavy (non-hydrogen) atoms. The van der Waals surface area contributed by atoms with E-state index < -0.39 is 47.7 Å². The number of aliphatic carboxylic acids is 1. The average Bonchev–Trinajstić information content (AvgIpc) is 3.51. The van der Waals surface area contributed by atoms with E-state index in [1.54, 1.807) is 7.05 Å². The Morgan fingerprint density at radius 1 is 1.41 bits per heavy atom. The molecule has 1 saturated heterocycles. The van der Waals surface area contributed by atoms with Gasteiger partial charge in [0.1, 0.15) is 22.8 Å². The molecule has 2 aromatic rings. The van der Waals surface area contributed by atoms with Crippen LogP contribution in [0.4, 0.5) is 18.3 Å². The number of anilines is 1. The number of amides is 3. The van der Waals surface area contributed by atoms with Crippen molar-refractivity contribution >= 4 is 69.9 Å². The Labute approximate surface area is 228 Å². The number of thiazole rings is 1. The van der Waals surface area contributed by atoms with E-state index >= 15 is 0 Å². The maximum Gasteiger partial charge on any atom is 0.425 e. The van der Waals surface area contributed by atoms with Crippen LogP contribution in [0.3, 0.4) is 0 Å². The van der Waals surface area contributed by atoms with Gasteiger partial charge in [0.15, 0.2) is 10.8 Å². The summed E-state index contributed by atoms with van der Waals surface area (Å²) in [7, 11) is 1.61. The van der Waals surface area contributed by atoms with Crippen LogP contribution in [0.5, 0.6) is 0 Å². The van der Waals surface area contributed by atoms with E-state index in [0.29, 0.717) is 17.1 Å². The van der Waals surface area contributed by atoms with Gasteiger partial charge in [-0.05, 0) is 16.0 Å². The summed E-state index contributed by atoms with van der Waals surface area (Å²) < 4.78 is 39.0. The second-order valence-electron chi connectivity index (χ2n) is 7.62. The number of nitrogens with zero attached hydrogens (tertiary/aromatic N) is 7. The summed E-state index contributed by atoms with van der Waals surface area (Å²) in [5, 5.41) is 29.6. The number of carbonyl (C=O) groups is 4. The first-order valence-corrected chi connectivity index (χ1v) is 13.4. The van der Waals surface area contributed by atoms with Gasteiger partial charge >= 0.3 is 12.1 Å². The lowest BCUT2D eigenvalue weighted by atomic mass is 10.0. The minimum absolute atomic E-state index is 0.0313. The number of rotatable bonds is 11. The predicted octanol–water partition coefficient (Wildman–Crippen LogP) is 0.0488. The van der Waals surface area contributed by atoms with Crippen molar-refractivity contribution < 1.29 is 42.3 Å². The number of aromatic nitrogens is 5. The quantitative estimate of drug-likeness (QED) is 0.102. The molecule has 2 aliphatic heterocycles. The molecule has 4 rings (SSSR count). The molecule has 3 N–H and O–H groups in total. The number of β-lactam (4-membered cyclic amide) rings is 1. The molecule has 1 fully saturated rings. The molecule has 0 spiro atoms. The fraction of sp³-hybridized carbons (Fsp3) is 0.389. The van der Waals surface area contributed by atoms with E-state index in [-0.39, 0.29) is 28.0 Å². The number of fused-ring (bicyclic) bond motifs is 1. The second-order valence-corrected chi connectivity index (χ2v) is 10.5. The van der Waals surface area contributed by atoms with Gasteiger partial charge in [0.05, 0.1) is 0 Å². The van der Waals surface area contributed by atoms with E-state index in [4.69, 9.17) is 0 Å². The third-order valence-corrected chi connectivity index (χ3v) is 8.23. The normalized spacial score (nSPS) is 19.3. The van der Waals surface area contributed by atoms with Gasteiger partial charge in [0, 0.05) is 23.9 Å². The van der Waals surface area contributed by atoms with E-state index in [1.807, 2.05) is 0 Å². The molecule has 0 bridgehead atoms. The highest BCUT2D eigenvalue weighted by molar-refractivity contribution is 8.01. The van der Waals surface area contributed by atoms with Crippen LogP contribution in [0.15, 0.2) is 27.0 Å². The Kier molecular flexibility index (Phi) is 8.39. The molecular formula is C18H16F3N9O6S3. The van der Waals surface area contributed by atoms with E-state index in [9.17, 15) is 37.5 Å². The first-order chi connectivity index (χ1) is 18.5. The molecule has 3 amide bonds. The number of carbonyl (C=O) groups excluding carboxylic acids is 3. The number of hydrogen-bond donors (Lipinski definition) is 3. The Morgan fingerprint density at radius 2 is 2.18 bits per heavy atom. The summed E-state index contributed by atoms with van der Waals surface area (Å²) in [6.45, 7) is -1.79. The van der Waals surface area contributed by atoms with Crippen LogP contribution in [0, 0.1) is 0 Å². The van der Waals surface area contributed by atoms with E-state index in [2.05, 4.69) is 41.1 Å². The highest BCUT2D eigenvalue weighted by atomic mass is 32.2. The van der Waals surface area contributed by atoms with Gasteiger partial charge in [-0.25, -0.2) is 14.5 Å². The molecule has 15 nitrogen and oxygen atoms in total. The molecule has 4 heterocycles. The monoisotopic (exact) mass is 607 g/mol. The van der Waals surface area contributed by atoms with Crippen LogP contribution in [0.2, 0.25) is 0 Å². The third-order valence-electron chi connectivity index (χ3n) is 5.02. The van der Waals surface area contributed by atoms with Crippen molar-refractivity contribution in [2.45, 2.75) is 22.7 Å². The molecule has 2 aromatic heterocycles. The number of aryl methyl sites for hydroxylation is 1. The lowest BCUT2D eigenvalue weighted by molar-refractivity contribution is -0.174. The number of alkyl halides is 3. The summed E-state index contributed by atoms with van der Waals surface area (Å²) >= 11 is 3.24. The number of carboxylic acid groups (broad SMARTS) is 1. The van der Waals surface area contributed by atoms with Crippen LogP contribution in [-0.4, -0.2) is 101 Å². The Morgan fingerprint density at radius 3 is 2.82 bits per heavy atom. The highest BCUT2D eigenvalue weighted by Gasteiger charge is 2.54. The zero-order chi connectivity index (χ0) is 28.3. The lowest BCUT2D eigenvalue weighted by Gasteiger charge is -2.49. The maximum atomic E-state index is 13.0. The summed E-state index contributed by atoms with van der Waals surface area (Å²) in [4.78, 5) is 57.8. The van der Waals surface area contributed by atoms with Gasteiger partial charge in [0.25, 0.3) is 11.8 Å². The lowest BCUT2D eigenvalue weighted by Crippen LogP contribution is -2.71. The van der Waals surface area contributed by atoms with Gasteiger partial charge in [-0.3, -0.25) is 19.3 Å². The molecule has 2 aliphatic rings. The molecule has 0 aromatic carbocycles. The zero-order valence-electron chi connectivity index (χ0n) is 19.4. The standard InChI is InChI=1S/C18H16F3N9O6S3/c1-29-17(25-27-28-29)39-3-7-2-37-14-10(13(33)30(14)11(7)15(34)35)24-12(32)9(26-36-5-18(19,20)21)8-4-38-16(23-8)22-6-31/h4,6,10,14H,2-3,5H2,1H3,(H,24,32)(H,34,35)(H,22,23,31)/t10?,14-/m1/s1. The molecule has 0 aliphatic carbocycles.